The molecule has 5 aliphatic rings. The molecule has 4 atom stereocenters. The lowest BCUT2D eigenvalue weighted by Gasteiger charge is -2.55. The molecule has 2 bridgehead atoms. The molecule has 0 unspecified atom stereocenters. The van der Waals surface area contributed by atoms with E-state index in [-0.39, 0.29) is 56.2 Å². The van der Waals surface area contributed by atoms with Crippen LogP contribution in [0.4, 0.5) is 0 Å². The average Bonchev–Trinajstić information content (AvgIpc) is 2.96. The third kappa shape index (κ3) is 3.75. The van der Waals surface area contributed by atoms with E-state index in [2.05, 4.69) is 0 Å². The van der Waals surface area contributed by atoms with Crippen molar-refractivity contribution in [2.24, 2.45) is 0 Å². The molecule has 0 aromatic heterocycles. The lowest BCUT2D eigenvalue weighted by molar-refractivity contribution is -0.152. The minimum Gasteiger partial charge on any atom is -0.492 e. The fourth-order valence-electron chi connectivity index (χ4n) is 6.33. The quantitative estimate of drug-likeness (QED) is 0.273. The largest absolute Gasteiger partial charge is 0.492 e. The van der Waals surface area contributed by atoms with Crippen molar-refractivity contribution in [1.82, 2.24) is 9.80 Å². The van der Waals surface area contributed by atoms with Crippen molar-refractivity contribution in [3.63, 3.8) is 0 Å². The lowest BCUT2D eigenvalue weighted by atomic mass is 9.71. The van der Waals surface area contributed by atoms with Crippen LogP contribution in [0.25, 0.3) is 0 Å². The van der Waals surface area contributed by atoms with Crippen molar-refractivity contribution in [2.75, 3.05) is 27.9 Å². The van der Waals surface area contributed by atoms with Gasteiger partial charge in [-0.2, -0.15) is 0 Å². The predicted octanol–water partition coefficient (Wildman–Crippen LogP) is 0.385. The minimum absolute atomic E-state index is 0.0000930. The molecule has 5 rings (SSSR count). The Morgan fingerprint density at radius 3 is 2.07 bits per heavy atom. The molecule has 2 aliphatic carbocycles. The number of ether oxygens (including phenoxy) is 3. The van der Waals surface area contributed by atoms with Gasteiger partial charge in [-0.25, -0.2) is 4.79 Å². The SMILES string of the molecule is C/C=C(/C)C(=O)OC[C@H]1C2=C(C=C3[C@H]4C5=C(C(=O)C(C)=C(OC)C5=O)[C@H](O)[C@H](C(=O)N31)N4C)C(=O)C(C)=C(OC)C2=O. The summed E-state index contributed by atoms with van der Waals surface area (Å²) in [7, 11) is 4.01. The highest BCUT2D eigenvalue weighted by atomic mass is 16.5. The van der Waals surface area contributed by atoms with E-state index in [1.54, 1.807) is 6.92 Å². The number of ketones is 4. The lowest BCUT2D eigenvalue weighted by Crippen LogP contribution is -2.70. The van der Waals surface area contributed by atoms with Crippen molar-refractivity contribution >= 4 is 35.0 Å². The number of carbonyl (C=O) groups is 6. The van der Waals surface area contributed by atoms with E-state index >= 15 is 0 Å². The van der Waals surface area contributed by atoms with Gasteiger partial charge in [0.1, 0.15) is 24.8 Å². The van der Waals surface area contributed by atoms with Gasteiger partial charge in [0, 0.05) is 44.7 Å². The summed E-state index contributed by atoms with van der Waals surface area (Å²) in [4.78, 5) is 83.9. The number of allylic oxidation sites excluding steroid dienone is 7. The second-order valence-corrected chi connectivity index (χ2v) is 10.6. The van der Waals surface area contributed by atoms with Gasteiger partial charge in [-0.3, -0.25) is 28.9 Å². The van der Waals surface area contributed by atoms with Crippen molar-refractivity contribution in [3.8, 4) is 0 Å². The van der Waals surface area contributed by atoms with Crippen molar-refractivity contribution in [2.45, 2.75) is 51.9 Å². The van der Waals surface area contributed by atoms with Crippen LogP contribution in [0.3, 0.4) is 0 Å². The van der Waals surface area contributed by atoms with Gasteiger partial charge in [0.25, 0.3) is 0 Å². The average molecular weight is 579 g/mol. The number of Topliss-reactive ketones (excluding diaryl/α,β-unsaturated/α-hetero) is 4. The predicted molar refractivity (Wildman–Crippen MR) is 144 cm³/mol. The molecule has 3 heterocycles. The van der Waals surface area contributed by atoms with Crippen LogP contribution in [0.2, 0.25) is 0 Å². The molecule has 42 heavy (non-hydrogen) atoms. The zero-order valence-corrected chi connectivity index (χ0v) is 24.2. The topological polar surface area (TPSA) is 157 Å². The van der Waals surface area contributed by atoms with Gasteiger partial charge in [-0.15, -0.1) is 0 Å². The molecule has 0 spiro atoms. The normalized spacial score (nSPS) is 28.2. The highest BCUT2D eigenvalue weighted by molar-refractivity contribution is 6.28. The molecular formula is C30H30N2O10. The summed E-state index contributed by atoms with van der Waals surface area (Å²) in [6.07, 6.45) is 1.20. The summed E-state index contributed by atoms with van der Waals surface area (Å²) < 4.78 is 16.0. The zero-order chi connectivity index (χ0) is 30.9. The van der Waals surface area contributed by atoms with Crippen LogP contribution < -0.4 is 0 Å². The molecule has 1 fully saturated rings. The number of nitrogens with zero attached hydrogens (tertiary/aromatic N) is 2. The van der Waals surface area contributed by atoms with Crippen molar-refractivity contribution < 1.29 is 48.1 Å². The highest BCUT2D eigenvalue weighted by Gasteiger charge is 2.60. The summed E-state index contributed by atoms with van der Waals surface area (Å²) in [6.45, 7) is 5.51. The van der Waals surface area contributed by atoms with Gasteiger partial charge in [0.05, 0.1) is 20.3 Å². The maximum atomic E-state index is 14.2. The van der Waals surface area contributed by atoms with Crippen LogP contribution in [0.15, 0.2) is 68.4 Å². The van der Waals surface area contributed by atoms with E-state index in [1.807, 2.05) is 0 Å². The minimum atomic E-state index is -1.69. The fourth-order valence-corrected chi connectivity index (χ4v) is 6.33. The maximum Gasteiger partial charge on any atom is 0.333 e. The molecule has 1 N–H and O–H groups in total. The number of esters is 1. The number of hydrogen-bond acceptors (Lipinski definition) is 11. The number of methoxy groups -OCH3 is 2. The zero-order valence-electron chi connectivity index (χ0n) is 24.2. The number of piperazine rings is 1. The van der Waals surface area contributed by atoms with E-state index in [1.165, 1.54) is 64.0 Å². The maximum absolute atomic E-state index is 14.2. The first kappa shape index (κ1) is 29.1. The van der Waals surface area contributed by atoms with Crippen LogP contribution >= 0.6 is 0 Å². The monoisotopic (exact) mass is 578 g/mol. The third-order valence-corrected chi connectivity index (χ3v) is 8.57. The van der Waals surface area contributed by atoms with Gasteiger partial charge in [0.2, 0.25) is 17.5 Å². The summed E-state index contributed by atoms with van der Waals surface area (Å²) >= 11 is 0. The van der Waals surface area contributed by atoms with E-state index in [4.69, 9.17) is 14.2 Å². The van der Waals surface area contributed by atoms with Crippen LogP contribution in [0.5, 0.6) is 0 Å². The summed E-state index contributed by atoms with van der Waals surface area (Å²) in [6, 6.07) is -3.70. The molecule has 0 saturated carbocycles. The van der Waals surface area contributed by atoms with Crippen molar-refractivity contribution in [3.05, 3.63) is 68.4 Å². The smallest absolute Gasteiger partial charge is 0.333 e. The third-order valence-electron chi connectivity index (χ3n) is 8.57. The van der Waals surface area contributed by atoms with Gasteiger partial charge >= 0.3 is 5.97 Å². The van der Waals surface area contributed by atoms with Crippen molar-refractivity contribution in [1.29, 1.82) is 0 Å². The first-order chi connectivity index (χ1) is 19.8. The van der Waals surface area contributed by atoms with Gasteiger partial charge < -0.3 is 24.2 Å². The fraction of sp³-hybridized carbons (Fsp3) is 0.400. The Morgan fingerprint density at radius 1 is 0.929 bits per heavy atom. The van der Waals surface area contributed by atoms with E-state index in [0.29, 0.717) is 0 Å². The summed E-state index contributed by atoms with van der Waals surface area (Å²) in [5.41, 5.74) is -0.0275. The Morgan fingerprint density at radius 2 is 1.50 bits per heavy atom. The standard InChI is InChI=1S/C30H30N2O10/c1-8-11(2)30(39)42-10-16-17-14(22(33)12(3)27(40-6)25(17)36)9-15-20-18-19(23(34)13(4)28(41-7)26(18)37)24(35)21(31(20)5)29(38)32(15)16/h8-9,16,20-21,24,35H,10H2,1-7H3/b11-8-/t16-,20-,21+,24-/m0/s1. The number of rotatable bonds is 5. The summed E-state index contributed by atoms with van der Waals surface area (Å²) in [5.74, 6) is -4.30. The second-order valence-electron chi connectivity index (χ2n) is 10.6. The molecule has 220 valence electrons. The van der Waals surface area contributed by atoms with E-state index in [0.717, 1.165) is 0 Å². The molecule has 1 amide bonds. The first-order valence-corrected chi connectivity index (χ1v) is 13.2. The van der Waals surface area contributed by atoms with Gasteiger partial charge in [-0.05, 0) is 40.8 Å². The number of aliphatic hydroxyl groups excluding tert-OH is 1. The van der Waals surface area contributed by atoms with E-state index < -0.39 is 65.8 Å². The van der Waals surface area contributed by atoms with Crippen LogP contribution in [-0.4, -0.2) is 102 Å². The Bertz CT molecular complexity index is 1600. The molecule has 3 aliphatic heterocycles. The number of aliphatic hydroxyl groups is 1. The first-order valence-electron chi connectivity index (χ1n) is 13.2. The van der Waals surface area contributed by atoms with E-state index in [9.17, 15) is 33.9 Å². The van der Waals surface area contributed by atoms with Gasteiger partial charge in [0.15, 0.2) is 23.1 Å². The molecule has 0 aromatic carbocycles. The molecule has 12 nitrogen and oxygen atoms in total. The number of fused-ring (bicyclic) bond motifs is 5. The van der Waals surface area contributed by atoms with Crippen LogP contribution in [0.1, 0.15) is 27.7 Å². The number of likely N-dealkylation sites (N-methyl/N-ethyl adjacent to an activating group) is 1. The van der Waals surface area contributed by atoms with Gasteiger partial charge in [-0.1, -0.05) is 6.08 Å². The Kier molecular flexibility index (Phi) is 7.02. The molecular weight excluding hydrogens is 548 g/mol. The Balaban J connectivity index is 1.75. The Hall–Kier alpha value is -4.42. The molecule has 0 aromatic rings. The van der Waals surface area contributed by atoms with Crippen LogP contribution in [0, 0.1) is 0 Å². The molecule has 0 radical (unpaired) electrons. The summed E-state index contributed by atoms with van der Waals surface area (Å²) in [5, 5.41) is 11.4. The second kappa shape index (κ2) is 10.1. The number of amides is 1. The Labute approximate surface area is 241 Å². The number of hydrogen-bond donors (Lipinski definition) is 1. The molecule has 1 saturated heterocycles. The van der Waals surface area contributed by atoms with Crippen LogP contribution in [-0.2, 0) is 43.0 Å². The highest BCUT2D eigenvalue weighted by Crippen LogP contribution is 2.47. The number of carbonyl (C=O) groups excluding carboxylic acids is 6. The molecule has 12 heteroatoms.